The van der Waals surface area contributed by atoms with Crippen molar-refractivity contribution in [3.05, 3.63) is 89.5 Å². The molecule has 134 valence electrons. The number of hydrogen-bond acceptors (Lipinski definition) is 3. The van der Waals surface area contributed by atoms with E-state index in [2.05, 4.69) is 0 Å². The van der Waals surface area contributed by atoms with Gasteiger partial charge in [-0.3, -0.25) is 4.90 Å². The maximum atomic E-state index is 12.7. The van der Waals surface area contributed by atoms with Crippen molar-refractivity contribution in [2.45, 2.75) is 6.04 Å². The Morgan fingerprint density at radius 1 is 0.852 bits per heavy atom. The molecule has 3 aromatic carbocycles. The Morgan fingerprint density at radius 3 is 1.85 bits per heavy atom. The van der Waals surface area contributed by atoms with E-state index in [1.54, 1.807) is 17.0 Å². The smallest absolute Gasteiger partial charge is 0.414 e. The number of nitrogens with zero attached hydrogens (tertiary/aromatic N) is 1. The largest absolute Gasteiger partial charge is 0.478 e. The maximum absolute atomic E-state index is 12.7. The zero-order valence-electron chi connectivity index (χ0n) is 14.6. The van der Waals surface area contributed by atoms with Gasteiger partial charge < -0.3 is 9.84 Å². The van der Waals surface area contributed by atoms with E-state index < -0.39 is 12.1 Å². The molecule has 0 saturated carbocycles. The van der Waals surface area contributed by atoms with Crippen LogP contribution in [0, 0.1) is 0 Å². The molecule has 4 rings (SSSR count). The molecule has 0 saturated heterocycles. The van der Waals surface area contributed by atoms with Gasteiger partial charge in [-0.25, -0.2) is 9.59 Å². The van der Waals surface area contributed by atoms with Crippen LogP contribution in [0.1, 0.15) is 27.5 Å². The molecule has 0 heterocycles. The summed E-state index contributed by atoms with van der Waals surface area (Å²) in [4.78, 5) is 25.4. The molecule has 1 aliphatic carbocycles. The molecule has 0 fully saturated rings. The first-order valence-electron chi connectivity index (χ1n) is 8.50. The van der Waals surface area contributed by atoms with Gasteiger partial charge in [0.15, 0.2) is 0 Å². The summed E-state index contributed by atoms with van der Waals surface area (Å²) in [6.07, 6.45) is -0.505. The van der Waals surface area contributed by atoms with Crippen molar-refractivity contribution in [1.29, 1.82) is 0 Å². The average molecular weight is 359 g/mol. The SMILES string of the molecule is COC(=O)N(c1ccc(C(=O)O)cc1)C1c2ccccc2-c2ccccc21. The second-order valence-electron chi connectivity index (χ2n) is 6.27. The Balaban J connectivity index is 1.89. The molecule has 1 aliphatic rings. The summed E-state index contributed by atoms with van der Waals surface area (Å²) in [5.41, 5.74) is 4.90. The van der Waals surface area contributed by atoms with E-state index in [1.807, 2.05) is 48.5 Å². The van der Waals surface area contributed by atoms with Crippen LogP contribution in [0.15, 0.2) is 72.8 Å². The van der Waals surface area contributed by atoms with Gasteiger partial charge in [-0.1, -0.05) is 48.5 Å². The summed E-state index contributed by atoms with van der Waals surface area (Å²) in [6, 6.07) is 21.8. The first-order valence-corrected chi connectivity index (χ1v) is 8.50. The lowest BCUT2D eigenvalue weighted by molar-refractivity contribution is 0.0697. The molecule has 1 N–H and O–H groups in total. The van der Waals surface area contributed by atoms with Gasteiger partial charge in [-0.2, -0.15) is 0 Å². The number of ether oxygens (including phenoxy) is 1. The molecule has 1 amide bonds. The van der Waals surface area contributed by atoms with Gasteiger partial charge >= 0.3 is 12.1 Å². The zero-order chi connectivity index (χ0) is 19.0. The third kappa shape index (κ3) is 2.73. The highest BCUT2D eigenvalue weighted by Gasteiger charge is 2.36. The number of rotatable bonds is 3. The van der Waals surface area contributed by atoms with Crippen LogP contribution in [-0.2, 0) is 4.74 Å². The van der Waals surface area contributed by atoms with Crippen molar-refractivity contribution in [3.8, 4) is 11.1 Å². The van der Waals surface area contributed by atoms with E-state index >= 15 is 0 Å². The fourth-order valence-electron chi connectivity index (χ4n) is 3.63. The number of carboxylic acids is 1. The number of carboxylic acid groups (broad SMARTS) is 1. The molecule has 3 aromatic rings. The van der Waals surface area contributed by atoms with E-state index in [-0.39, 0.29) is 11.6 Å². The van der Waals surface area contributed by atoms with Crippen LogP contribution in [0.3, 0.4) is 0 Å². The van der Waals surface area contributed by atoms with Gasteiger partial charge in [0, 0.05) is 5.69 Å². The molecule has 5 nitrogen and oxygen atoms in total. The van der Waals surface area contributed by atoms with E-state index in [0.29, 0.717) is 5.69 Å². The minimum absolute atomic E-state index is 0.163. The first kappa shape index (κ1) is 16.8. The molecule has 0 bridgehead atoms. The standard InChI is InChI=1S/C22H17NO4/c1-27-22(26)23(15-12-10-14(11-13-15)21(24)25)20-18-8-4-2-6-16(18)17-7-3-5-9-19(17)20/h2-13,20H,1H3,(H,24,25). The molecule has 0 spiro atoms. The van der Waals surface area contributed by atoms with Crippen LogP contribution in [0.5, 0.6) is 0 Å². The molecule has 0 unspecified atom stereocenters. The monoisotopic (exact) mass is 359 g/mol. The number of fused-ring (bicyclic) bond motifs is 3. The third-order valence-corrected chi connectivity index (χ3v) is 4.82. The van der Waals surface area contributed by atoms with Gasteiger partial charge in [-0.15, -0.1) is 0 Å². The number of aromatic carboxylic acids is 1. The number of benzene rings is 3. The first-order chi connectivity index (χ1) is 13.1. The highest BCUT2D eigenvalue weighted by Crippen LogP contribution is 2.47. The van der Waals surface area contributed by atoms with E-state index in [0.717, 1.165) is 22.3 Å². The van der Waals surface area contributed by atoms with Crippen molar-refractivity contribution in [2.24, 2.45) is 0 Å². The number of carbonyl (C=O) groups excluding carboxylic acids is 1. The molecule has 0 radical (unpaired) electrons. The summed E-state index contributed by atoms with van der Waals surface area (Å²) < 4.78 is 5.06. The van der Waals surface area contributed by atoms with Crippen LogP contribution < -0.4 is 4.90 Å². The van der Waals surface area contributed by atoms with Gasteiger partial charge in [0.2, 0.25) is 0 Å². The highest BCUT2D eigenvalue weighted by molar-refractivity contribution is 5.94. The molecule has 0 aliphatic heterocycles. The van der Waals surface area contributed by atoms with Gasteiger partial charge in [0.25, 0.3) is 0 Å². The molecule has 27 heavy (non-hydrogen) atoms. The molecule has 0 atom stereocenters. The quantitative estimate of drug-likeness (QED) is 0.734. The predicted octanol–water partition coefficient (Wildman–Crippen LogP) is 4.73. The Bertz CT molecular complexity index is 981. The van der Waals surface area contributed by atoms with Crippen LogP contribution in [-0.4, -0.2) is 24.3 Å². The van der Waals surface area contributed by atoms with Crippen molar-refractivity contribution >= 4 is 17.7 Å². The third-order valence-electron chi connectivity index (χ3n) is 4.82. The number of carbonyl (C=O) groups is 2. The fourth-order valence-corrected chi connectivity index (χ4v) is 3.63. The summed E-state index contributed by atoms with van der Waals surface area (Å²) in [6.45, 7) is 0. The number of anilines is 1. The lowest BCUT2D eigenvalue weighted by Gasteiger charge is -2.29. The lowest BCUT2D eigenvalue weighted by atomic mass is 10.0. The fraction of sp³-hybridized carbons (Fsp3) is 0.0909. The average Bonchev–Trinajstić information content (AvgIpc) is 3.03. The number of methoxy groups -OCH3 is 1. The van der Waals surface area contributed by atoms with Gasteiger partial charge in [0.05, 0.1) is 18.7 Å². The molecule has 5 heteroatoms. The topological polar surface area (TPSA) is 66.8 Å². The number of hydrogen-bond donors (Lipinski definition) is 1. The zero-order valence-corrected chi connectivity index (χ0v) is 14.6. The molecule has 0 aromatic heterocycles. The van der Waals surface area contributed by atoms with E-state index in [1.165, 1.54) is 19.2 Å². The van der Waals surface area contributed by atoms with Gasteiger partial charge in [0.1, 0.15) is 0 Å². The summed E-state index contributed by atoms with van der Waals surface area (Å²) in [5.74, 6) is -1.01. The van der Waals surface area contributed by atoms with E-state index in [4.69, 9.17) is 9.84 Å². The molecular weight excluding hydrogens is 342 g/mol. The summed E-state index contributed by atoms with van der Waals surface area (Å²) in [7, 11) is 1.34. The van der Waals surface area contributed by atoms with Gasteiger partial charge in [-0.05, 0) is 46.5 Å². The van der Waals surface area contributed by atoms with Crippen molar-refractivity contribution in [1.82, 2.24) is 0 Å². The summed E-state index contributed by atoms with van der Waals surface area (Å²) in [5, 5.41) is 9.14. The van der Waals surface area contributed by atoms with E-state index in [9.17, 15) is 9.59 Å². The van der Waals surface area contributed by atoms with Crippen molar-refractivity contribution in [3.63, 3.8) is 0 Å². The minimum atomic E-state index is -1.01. The second-order valence-corrected chi connectivity index (χ2v) is 6.27. The Morgan fingerprint density at radius 2 is 1.37 bits per heavy atom. The number of amides is 1. The predicted molar refractivity (Wildman–Crippen MR) is 102 cm³/mol. The van der Waals surface area contributed by atoms with Crippen molar-refractivity contribution in [2.75, 3.05) is 12.0 Å². The normalized spacial score (nSPS) is 12.2. The lowest BCUT2D eigenvalue weighted by Crippen LogP contribution is -2.34. The van der Waals surface area contributed by atoms with Crippen LogP contribution in [0.25, 0.3) is 11.1 Å². The van der Waals surface area contributed by atoms with Crippen LogP contribution in [0.2, 0.25) is 0 Å². The molecular formula is C22H17NO4. The second kappa shape index (κ2) is 6.61. The Hall–Kier alpha value is -3.60. The minimum Gasteiger partial charge on any atom is -0.478 e. The highest BCUT2D eigenvalue weighted by atomic mass is 16.5. The summed E-state index contributed by atoms with van der Waals surface area (Å²) >= 11 is 0. The van der Waals surface area contributed by atoms with Crippen LogP contribution >= 0.6 is 0 Å². The van der Waals surface area contributed by atoms with Crippen LogP contribution in [0.4, 0.5) is 10.5 Å². The Kier molecular flexibility index (Phi) is 4.12. The maximum Gasteiger partial charge on any atom is 0.414 e. The Labute approximate surface area is 156 Å². The van der Waals surface area contributed by atoms with Crippen molar-refractivity contribution < 1.29 is 19.4 Å².